The number of nitrogens with zero attached hydrogens (tertiary/aromatic N) is 1. The van der Waals surface area contributed by atoms with Gasteiger partial charge in [-0.15, -0.1) is 0 Å². The summed E-state index contributed by atoms with van der Waals surface area (Å²) in [7, 11) is 0. The van der Waals surface area contributed by atoms with Crippen LogP contribution in [-0.2, 0) is 16.2 Å². The second-order valence-electron chi connectivity index (χ2n) is 7.70. The number of carbonyl (C=O) groups excluding carboxylic acids is 3. The molecule has 1 heterocycles. The van der Waals surface area contributed by atoms with E-state index in [1.54, 1.807) is 48.5 Å². The summed E-state index contributed by atoms with van der Waals surface area (Å²) in [5, 5.41) is 2.23. The molecule has 1 fully saturated rings. The van der Waals surface area contributed by atoms with Crippen LogP contribution in [0.1, 0.15) is 23.6 Å². The van der Waals surface area contributed by atoms with Crippen LogP contribution >= 0.6 is 0 Å². The fourth-order valence-electron chi connectivity index (χ4n) is 3.48. The zero-order valence-electron chi connectivity index (χ0n) is 18.9. The lowest BCUT2D eigenvalue weighted by molar-refractivity contribution is -0.122. The van der Waals surface area contributed by atoms with Gasteiger partial charge in [0.05, 0.1) is 12.3 Å². The van der Waals surface area contributed by atoms with Crippen molar-refractivity contribution in [2.75, 3.05) is 11.5 Å². The molecule has 172 valence electrons. The van der Waals surface area contributed by atoms with E-state index in [4.69, 9.17) is 9.47 Å². The van der Waals surface area contributed by atoms with Gasteiger partial charge in [0.15, 0.2) is 0 Å². The number of amides is 4. The summed E-state index contributed by atoms with van der Waals surface area (Å²) in [6, 6.07) is 20.8. The number of hydrogen-bond donors (Lipinski definition) is 1. The highest BCUT2D eigenvalue weighted by atomic mass is 16.5. The predicted octanol–water partition coefficient (Wildman–Crippen LogP) is 4.64. The maximum atomic E-state index is 13.1. The lowest BCUT2D eigenvalue weighted by Crippen LogP contribution is -2.54. The van der Waals surface area contributed by atoms with Gasteiger partial charge in [-0.05, 0) is 55.8 Å². The molecule has 4 rings (SSSR count). The Balaban J connectivity index is 1.54. The number of ether oxygens (including phenoxy) is 2. The highest BCUT2D eigenvalue weighted by molar-refractivity contribution is 6.39. The maximum Gasteiger partial charge on any atom is 0.335 e. The van der Waals surface area contributed by atoms with E-state index in [0.29, 0.717) is 36.0 Å². The van der Waals surface area contributed by atoms with Gasteiger partial charge in [-0.2, -0.15) is 0 Å². The first-order chi connectivity index (χ1) is 16.5. The van der Waals surface area contributed by atoms with Gasteiger partial charge in [-0.3, -0.25) is 14.9 Å². The van der Waals surface area contributed by atoms with E-state index in [1.807, 2.05) is 38.1 Å². The Morgan fingerprint density at radius 2 is 1.59 bits per heavy atom. The Morgan fingerprint density at radius 3 is 2.29 bits per heavy atom. The molecule has 0 radical (unpaired) electrons. The minimum atomic E-state index is -0.807. The SMILES string of the molecule is CCOc1ccccc1/C=C1\C(=O)NC(=O)N(c2ccc(OCc3ccc(C)cc3)cc2)C1=O. The molecule has 34 heavy (non-hydrogen) atoms. The Hall–Kier alpha value is -4.39. The Kier molecular flexibility index (Phi) is 6.73. The van der Waals surface area contributed by atoms with Crippen LogP contribution in [0, 0.1) is 6.92 Å². The largest absolute Gasteiger partial charge is 0.493 e. The summed E-state index contributed by atoms with van der Waals surface area (Å²) in [5.74, 6) is -0.340. The number of para-hydroxylation sites is 1. The number of carbonyl (C=O) groups is 3. The summed E-state index contributed by atoms with van der Waals surface area (Å²) in [5.41, 5.74) is 2.93. The number of rotatable bonds is 7. The Labute approximate surface area is 197 Å². The smallest absolute Gasteiger partial charge is 0.335 e. The molecule has 0 bridgehead atoms. The van der Waals surface area contributed by atoms with Crippen LogP contribution in [0.3, 0.4) is 0 Å². The van der Waals surface area contributed by atoms with Gasteiger partial charge in [0.1, 0.15) is 23.7 Å². The van der Waals surface area contributed by atoms with Crippen LogP contribution in [0.2, 0.25) is 0 Å². The van der Waals surface area contributed by atoms with E-state index >= 15 is 0 Å². The van der Waals surface area contributed by atoms with Gasteiger partial charge < -0.3 is 9.47 Å². The molecule has 7 heteroatoms. The van der Waals surface area contributed by atoms with Crippen molar-refractivity contribution >= 4 is 29.6 Å². The molecule has 4 amide bonds. The van der Waals surface area contributed by atoms with Crippen LogP contribution in [0.15, 0.2) is 78.4 Å². The third-order valence-electron chi connectivity index (χ3n) is 5.24. The highest BCUT2D eigenvalue weighted by Crippen LogP contribution is 2.27. The maximum absolute atomic E-state index is 13.1. The fraction of sp³-hybridized carbons (Fsp3) is 0.148. The van der Waals surface area contributed by atoms with Crippen LogP contribution < -0.4 is 19.7 Å². The van der Waals surface area contributed by atoms with Gasteiger partial charge in [0.25, 0.3) is 11.8 Å². The van der Waals surface area contributed by atoms with E-state index in [9.17, 15) is 14.4 Å². The molecule has 1 aliphatic heterocycles. The van der Waals surface area contributed by atoms with Crippen molar-refractivity contribution in [3.05, 3.63) is 95.1 Å². The number of hydrogen-bond acceptors (Lipinski definition) is 5. The molecular formula is C27H24N2O5. The van der Waals surface area contributed by atoms with E-state index in [-0.39, 0.29) is 5.57 Å². The standard InChI is InChI=1S/C27H24N2O5/c1-3-33-24-7-5-4-6-20(24)16-23-25(30)28-27(32)29(26(23)31)21-12-14-22(15-13-21)34-17-19-10-8-18(2)9-11-19/h4-16H,3,17H2,1-2H3,(H,28,30,32)/b23-16+. The molecule has 1 saturated heterocycles. The first kappa shape index (κ1) is 22.8. The van der Waals surface area contributed by atoms with Gasteiger partial charge in [-0.25, -0.2) is 9.69 Å². The summed E-state index contributed by atoms with van der Waals surface area (Å²) < 4.78 is 11.4. The molecule has 1 aliphatic rings. The minimum absolute atomic E-state index is 0.161. The lowest BCUT2D eigenvalue weighted by Gasteiger charge is -2.26. The quantitative estimate of drug-likeness (QED) is 0.414. The monoisotopic (exact) mass is 456 g/mol. The van der Waals surface area contributed by atoms with Gasteiger partial charge in [0, 0.05) is 5.56 Å². The number of imide groups is 2. The van der Waals surface area contributed by atoms with Crippen LogP contribution in [0.4, 0.5) is 10.5 Å². The van der Waals surface area contributed by atoms with Crippen molar-refractivity contribution in [2.45, 2.75) is 20.5 Å². The number of aryl methyl sites for hydroxylation is 1. The summed E-state index contributed by atoms with van der Waals surface area (Å²) in [6.45, 7) is 4.69. The van der Waals surface area contributed by atoms with Crippen LogP contribution in [0.25, 0.3) is 6.08 Å². The molecule has 0 saturated carbocycles. The van der Waals surface area contributed by atoms with E-state index in [2.05, 4.69) is 5.32 Å². The first-order valence-corrected chi connectivity index (χ1v) is 10.9. The summed E-state index contributed by atoms with van der Waals surface area (Å²) in [6.07, 6.45) is 1.43. The molecular weight excluding hydrogens is 432 g/mol. The molecule has 0 unspecified atom stereocenters. The molecule has 7 nitrogen and oxygen atoms in total. The fourth-order valence-corrected chi connectivity index (χ4v) is 3.48. The van der Waals surface area contributed by atoms with Gasteiger partial charge in [-0.1, -0.05) is 48.0 Å². The number of barbiturate groups is 1. The third-order valence-corrected chi connectivity index (χ3v) is 5.24. The van der Waals surface area contributed by atoms with Crippen molar-refractivity contribution in [3.63, 3.8) is 0 Å². The van der Waals surface area contributed by atoms with E-state index in [1.165, 1.54) is 11.6 Å². The van der Waals surface area contributed by atoms with Crippen molar-refractivity contribution in [1.29, 1.82) is 0 Å². The molecule has 3 aromatic rings. The molecule has 0 aliphatic carbocycles. The molecule has 1 N–H and O–H groups in total. The predicted molar refractivity (Wildman–Crippen MR) is 129 cm³/mol. The van der Waals surface area contributed by atoms with E-state index < -0.39 is 17.8 Å². The van der Waals surface area contributed by atoms with Gasteiger partial charge in [0.2, 0.25) is 0 Å². The normalized spacial score (nSPS) is 14.8. The number of nitrogens with one attached hydrogen (secondary N) is 1. The lowest BCUT2D eigenvalue weighted by atomic mass is 10.1. The van der Waals surface area contributed by atoms with E-state index in [0.717, 1.165) is 10.5 Å². The Morgan fingerprint density at radius 1 is 0.882 bits per heavy atom. The molecule has 3 aromatic carbocycles. The minimum Gasteiger partial charge on any atom is -0.493 e. The third kappa shape index (κ3) is 4.99. The number of benzene rings is 3. The number of urea groups is 1. The van der Waals surface area contributed by atoms with Crippen molar-refractivity contribution < 1.29 is 23.9 Å². The highest BCUT2D eigenvalue weighted by Gasteiger charge is 2.37. The Bertz CT molecular complexity index is 1250. The average molecular weight is 456 g/mol. The van der Waals surface area contributed by atoms with Crippen LogP contribution in [-0.4, -0.2) is 24.5 Å². The first-order valence-electron chi connectivity index (χ1n) is 10.9. The summed E-state index contributed by atoms with van der Waals surface area (Å²) >= 11 is 0. The second-order valence-corrected chi connectivity index (χ2v) is 7.70. The summed E-state index contributed by atoms with van der Waals surface area (Å²) in [4.78, 5) is 39.0. The van der Waals surface area contributed by atoms with Crippen LogP contribution in [0.5, 0.6) is 11.5 Å². The zero-order chi connectivity index (χ0) is 24.1. The van der Waals surface area contributed by atoms with Crippen molar-refractivity contribution in [1.82, 2.24) is 5.32 Å². The molecule has 0 aromatic heterocycles. The van der Waals surface area contributed by atoms with Crippen molar-refractivity contribution in [2.24, 2.45) is 0 Å². The number of anilines is 1. The topological polar surface area (TPSA) is 84.9 Å². The van der Waals surface area contributed by atoms with Gasteiger partial charge >= 0.3 is 6.03 Å². The zero-order valence-corrected chi connectivity index (χ0v) is 18.9. The second kappa shape index (κ2) is 10.0. The molecule has 0 atom stereocenters. The molecule has 0 spiro atoms. The average Bonchev–Trinajstić information content (AvgIpc) is 2.83. The van der Waals surface area contributed by atoms with Crippen molar-refractivity contribution in [3.8, 4) is 11.5 Å².